The van der Waals surface area contributed by atoms with Crippen LogP contribution in [0.5, 0.6) is 5.75 Å². The molecule has 150 valence electrons. The molecule has 1 heterocycles. The smallest absolute Gasteiger partial charge is 0.352 e. The number of aromatic nitrogens is 3. The van der Waals surface area contributed by atoms with Crippen LogP contribution in [-0.4, -0.2) is 33.9 Å². The van der Waals surface area contributed by atoms with E-state index in [4.69, 9.17) is 4.74 Å². The summed E-state index contributed by atoms with van der Waals surface area (Å²) in [5, 5.41) is 6.71. The Morgan fingerprint density at radius 3 is 2.55 bits per heavy atom. The number of para-hydroxylation sites is 1. The predicted octanol–water partition coefficient (Wildman–Crippen LogP) is 1.59. The first-order valence-electron chi connectivity index (χ1n) is 9.26. The van der Waals surface area contributed by atoms with E-state index in [2.05, 4.69) is 10.4 Å². The average Bonchev–Trinajstić information content (AvgIpc) is 2.76. The number of benzene rings is 2. The van der Waals surface area contributed by atoms with Gasteiger partial charge in [0.1, 0.15) is 5.75 Å². The molecular weight excluding hydrogens is 372 g/mol. The van der Waals surface area contributed by atoms with E-state index in [1.807, 2.05) is 6.92 Å². The van der Waals surface area contributed by atoms with Gasteiger partial charge in [0, 0.05) is 6.54 Å². The van der Waals surface area contributed by atoms with Crippen molar-refractivity contribution < 1.29 is 9.53 Å². The van der Waals surface area contributed by atoms with Gasteiger partial charge in [-0.2, -0.15) is 9.78 Å². The van der Waals surface area contributed by atoms with Crippen molar-refractivity contribution in [3.63, 3.8) is 0 Å². The van der Waals surface area contributed by atoms with E-state index in [-0.39, 0.29) is 12.2 Å². The normalized spacial score (nSPS) is 10.6. The van der Waals surface area contributed by atoms with Gasteiger partial charge in [-0.05, 0) is 36.2 Å². The van der Waals surface area contributed by atoms with Gasteiger partial charge in [-0.1, -0.05) is 37.3 Å². The number of carbonyl (C=O) groups excluding carboxylic acids is 1. The molecule has 0 spiro atoms. The number of hydrogen-bond donors (Lipinski definition) is 1. The lowest BCUT2D eigenvalue weighted by atomic mass is 10.2. The lowest BCUT2D eigenvalue weighted by Crippen LogP contribution is -2.46. The Labute approximate surface area is 167 Å². The van der Waals surface area contributed by atoms with Crippen molar-refractivity contribution in [2.45, 2.75) is 19.9 Å². The van der Waals surface area contributed by atoms with Crippen LogP contribution in [0.2, 0.25) is 0 Å². The molecule has 29 heavy (non-hydrogen) atoms. The topological polar surface area (TPSA) is 95.2 Å². The summed E-state index contributed by atoms with van der Waals surface area (Å²) < 4.78 is 7.29. The second-order valence-corrected chi connectivity index (χ2v) is 6.38. The molecule has 3 aromatic rings. The molecule has 0 saturated carbocycles. The Bertz CT molecular complexity index is 1120. The van der Waals surface area contributed by atoms with Crippen molar-refractivity contribution in [1.82, 2.24) is 19.7 Å². The molecule has 0 fully saturated rings. The van der Waals surface area contributed by atoms with Crippen molar-refractivity contribution in [3.05, 3.63) is 86.7 Å². The van der Waals surface area contributed by atoms with Crippen LogP contribution in [0, 0.1) is 0 Å². The summed E-state index contributed by atoms with van der Waals surface area (Å²) in [5.41, 5.74) is -0.546. The minimum absolute atomic E-state index is 0.0156. The highest BCUT2D eigenvalue weighted by molar-refractivity contribution is 5.91. The van der Waals surface area contributed by atoms with Crippen LogP contribution < -0.4 is 21.3 Å². The van der Waals surface area contributed by atoms with Crippen LogP contribution in [0.25, 0.3) is 5.69 Å². The Morgan fingerprint density at radius 2 is 1.86 bits per heavy atom. The minimum Gasteiger partial charge on any atom is -0.497 e. The third kappa shape index (κ3) is 4.43. The molecule has 8 heteroatoms. The molecule has 0 aliphatic rings. The Morgan fingerprint density at radius 1 is 1.10 bits per heavy atom. The van der Waals surface area contributed by atoms with Crippen LogP contribution in [-0.2, 0) is 6.54 Å². The van der Waals surface area contributed by atoms with Gasteiger partial charge in [0.25, 0.3) is 11.5 Å². The summed E-state index contributed by atoms with van der Waals surface area (Å²) in [6, 6.07) is 15.7. The first kappa shape index (κ1) is 20.1. The van der Waals surface area contributed by atoms with Crippen molar-refractivity contribution in [3.8, 4) is 11.4 Å². The molecule has 0 aliphatic heterocycles. The monoisotopic (exact) mass is 394 g/mol. The second kappa shape index (κ2) is 9.01. The van der Waals surface area contributed by atoms with Crippen LogP contribution in [0.4, 0.5) is 0 Å². The number of methoxy groups -OCH3 is 1. The molecule has 8 nitrogen and oxygen atoms in total. The first-order valence-corrected chi connectivity index (χ1v) is 9.26. The fourth-order valence-corrected chi connectivity index (χ4v) is 2.81. The van der Waals surface area contributed by atoms with E-state index < -0.39 is 17.2 Å². The maximum atomic E-state index is 13.0. The summed E-state index contributed by atoms with van der Waals surface area (Å²) >= 11 is 0. The van der Waals surface area contributed by atoms with Gasteiger partial charge in [0.2, 0.25) is 5.69 Å². The largest absolute Gasteiger partial charge is 0.497 e. The SMILES string of the molecule is CCCNC(=O)c1nn(-c2ccccc2)c(=O)n(Cc2cccc(OC)c2)c1=O. The van der Waals surface area contributed by atoms with E-state index in [0.717, 1.165) is 9.25 Å². The maximum Gasteiger partial charge on any atom is 0.352 e. The number of nitrogens with zero attached hydrogens (tertiary/aromatic N) is 3. The molecule has 0 saturated heterocycles. The second-order valence-electron chi connectivity index (χ2n) is 6.38. The third-order valence-electron chi connectivity index (χ3n) is 4.29. The van der Waals surface area contributed by atoms with Gasteiger partial charge >= 0.3 is 5.69 Å². The quantitative estimate of drug-likeness (QED) is 0.657. The summed E-state index contributed by atoms with van der Waals surface area (Å²) in [7, 11) is 1.54. The van der Waals surface area contributed by atoms with Crippen LogP contribution in [0.1, 0.15) is 29.4 Å². The van der Waals surface area contributed by atoms with Crippen molar-refractivity contribution in [1.29, 1.82) is 0 Å². The van der Waals surface area contributed by atoms with Crippen LogP contribution >= 0.6 is 0 Å². The van der Waals surface area contributed by atoms with Gasteiger partial charge in [-0.15, -0.1) is 0 Å². The van der Waals surface area contributed by atoms with E-state index in [1.165, 1.54) is 7.11 Å². The summed E-state index contributed by atoms with van der Waals surface area (Å²) in [4.78, 5) is 38.5. The van der Waals surface area contributed by atoms with Gasteiger partial charge in [-0.25, -0.2) is 4.79 Å². The van der Waals surface area contributed by atoms with Crippen molar-refractivity contribution in [2.75, 3.05) is 13.7 Å². The number of carbonyl (C=O) groups is 1. The first-order chi connectivity index (χ1) is 14.0. The van der Waals surface area contributed by atoms with Crippen LogP contribution in [0.15, 0.2) is 64.2 Å². The highest BCUT2D eigenvalue weighted by atomic mass is 16.5. The summed E-state index contributed by atoms with van der Waals surface area (Å²) in [6.45, 7) is 2.29. The fourth-order valence-electron chi connectivity index (χ4n) is 2.81. The van der Waals surface area contributed by atoms with Gasteiger partial charge in [0.15, 0.2) is 0 Å². The third-order valence-corrected chi connectivity index (χ3v) is 4.29. The zero-order valence-corrected chi connectivity index (χ0v) is 16.3. The molecule has 3 rings (SSSR count). The van der Waals surface area contributed by atoms with Crippen LogP contribution in [0.3, 0.4) is 0 Å². The molecular formula is C21H22N4O4. The zero-order valence-electron chi connectivity index (χ0n) is 16.3. The average molecular weight is 394 g/mol. The van der Waals surface area contributed by atoms with Crippen molar-refractivity contribution >= 4 is 5.91 Å². The van der Waals surface area contributed by atoms with E-state index >= 15 is 0 Å². The molecule has 0 aliphatic carbocycles. The van der Waals surface area contributed by atoms with E-state index in [1.54, 1.807) is 54.6 Å². The minimum atomic E-state index is -0.737. The van der Waals surface area contributed by atoms with Gasteiger partial charge < -0.3 is 10.1 Å². The lowest BCUT2D eigenvalue weighted by Gasteiger charge is -2.12. The maximum absolute atomic E-state index is 13.0. The van der Waals surface area contributed by atoms with Gasteiger partial charge in [-0.3, -0.25) is 14.2 Å². The number of nitrogens with one attached hydrogen (secondary N) is 1. The molecule has 0 radical (unpaired) electrons. The summed E-state index contributed by atoms with van der Waals surface area (Å²) in [6.07, 6.45) is 0.710. The highest BCUT2D eigenvalue weighted by Gasteiger charge is 2.20. The molecule has 0 unspecified atom stereocenters. The fraction of sp³-hybridized carbons (Fsp3) is 0.238. The highest BCUT2D eigenvalue weighted by Crippen LogP contribution is 2.13. The molecule has 1 aromatic heterocycles. The predicted molar refractivity (Wildman–Crippen MR) is 109 cm³/mol. The van der Waals surface area contributed by atoms with E-state index in [9.17, 15) is 14.4 Å². The molecule has 2 aromatic carbocycles. The molecule has 0 atom stereocenters. The molecule has 1 N–H and O–H groups in total. The number of ether oxygens (including phenoxy) is 1. The Hall–Kier alpha value is -3.68. The standard InChI is InChI=1S/C21H22N4O4/c1-3-12-22-19(26)18-20(27)24(14-15-8-7-11-17(13-15)29-2)21(28)25(23-18)16-9-5-4-6-10-16/h4-11,13H,3,12,14H2,1-2H3,(H,22,26). The summed E-state index contributed by atoms with van der Waals surface area (Å²) in [5.74, 6) is -0.00479. The Kier molecular flexibility index (Phi) is 6.23. The number of rotatable bonds is 7. The zero-order chi connectivity index (χ0) is 20.8. The Balaban J connectivity index is 2.16. The van der Waals surface area contributed by atoms with Crippen molar-refractivity contribution in [2.24, 2.45) is 0 Å². The van der Waals surface area contributed by atoms with E-state index in [0.29, 0.717) is 30.0 Å². The lowest BCUT2D eigenvalue weighted by molar-refractivity contribution is 0.0944. The molecule has 0 bridgehead atoms. The number of hydrogen-bond acceptors (Lipinski definition) is 5. The van der Waals surface area contributed by atoms with Gasteiger partial charge in [0.05, 0.1) is 19.3 Å². The molecule has 1 amide bonds. The number of amides is 1.